The van der Waals surface area contributed by atoms with E-state index in [-0.39, 0.29) is 35.2 Å². The van der Waals surface area contributed by atoms with E-state index in [1.54, 1.807) is 59.7 Å². The second kappa shape index (κ2) is 11.8. The van der Waals surface area contributed by atoms with Crippen LogP contribution in [0.5, 0.6) is 0 Å². The fourth-order valence-electron chi connectivity index (χ4n) is 4.28. The number of aromatic nitrogens is 1. The molecule has 0 radical (unpaired) electrons. The Balaban J connectivity index is 2.00. The SMILES string of the molecule is Cc1cc(C(C)Nc2ccc3c(N(C(=O)OC(C)(C)C)C(=O)OC(C)(C)C)ncc(F)c3c2)ccc1C(C)CO. The minimum Gasteiger partial charge on any atom is -0.443 e. The van der Waals surface area contributed by atoms with Gasteiger partial charge >= 0.3 is 12.2 Å². The van der Waals surface area contributed by atoms with Crippen LogP contribution in [0.15, 0.2) is 42.6 Å². The molecule has 0 bridgehead atoms. The lowest BCUT2D eigenvalue weighted by Gasteiger charge is -2.28. The number of carbonyl (C=O) groups is 2. The van der Waals surface area contributed by atoms with Crippen LogP contribution in [-0.2, 0) is 9.47 Å². The molecule has 2 amide bonds. The van der Waals surface area contributed by atoms with E-state index in [0.717, 1.165) is 22.9 Å². The highest BCUT2D eigenvalue weighted by atomic mass is 19.1. The molecule has 9 heteroatoms. The highest BCUT2D eigenvalue weighted by Crippen LogP contribution is 2.33. The van der Waals surface area contributed by atoms with Gasteiger partial charge in [0.2, 0.25) is 0 Å². The first-order valence-corrected chi connectivity index (χ1v) is 13.3. The molecule has 2 atom stereocenters. The minimum absolute atomic E-state index is 0.0458. The molecule has 0 spiro atoms. The minimum atomic E-state index is -0.979. The maximum atomic E-state index is 15.1. The summed E-state index contributed by atoms with van der Waals surface area (Å²) in [5, 5.41) is 13.3. The lowest BCUT2D eigenvalue weighted by molar-refractivity contribution is 0.0429. The third-order valence-electron chi connectivity index (χ3n) is 6.16. The fraction of sp³-hybridized carbons (Fsp3) is 0.452. The molecule has 1 heterocycles. The molecule has 0 aliphatic rings. The monoisotopic (exact) mass is 553 g/mol. The van der Waals surface area contributed by atoms with Gasteiger partial charge in [-0.3, -0.25) is 0 Å². The standard InChI is InChI=1S/C31H40FN3O5/c1-18-14-21(10-12-23(18)19(2)17-36)20(3)34-22-11-13-24-25(15-22)26(32)16-33-27(24)35(28(37)39-30(4,5)6)29(38)40-31(7,8)9/h10-16,19-20,34,36H,17H2,1-9H3. The van der Waals surface area contributed by atoms with Gasteiger partial charge in [0.05, 0.1) is 6.20 Å². The molecule has 3 aromatic rings. The van der Waals surface area contributed by atoms with Crippen LogP contribution >= 0.6 is 0 Å². The van der Waals surface area contributed by atoms with E-state index in [1.807, 2.05) is 32.9 Å². The number of nitrogens with one attached hydrogen (secondary N) is 1. The Kier molecular flexibility index (Phi) is 9.09. The number of halogens is 1. The average Bonchev–Trinajstić information content (AvgIpc) is 2.83. The van der Waals surface area contributed by atoms with Crippen LogP contribution in [0.2, 0.25) is 0 Å². The first kappa shape index (κ1) is 30.8. The van der Waals surface area contributed by atoms with E-state index in [9.17, 15) is 14.7 Å². The van der Waals surface area contributed by atoms with Crippen molar-refractivity contribution >= 4 is 34.5 Å². The molecule has 2 aromatic carbocycles. The average molecular weight is 554 g/mol. The zero-order chi connectivity index (χ0) is 30.0. The molecule has 0 fully saturated rings. The first-order valence-electron chi connectivity index (χ1n) is 13.3. The van der Waals surface area contributed by atoms with E-state index in [1.165, 1.54) is 0 Å². The molecule has 216 valence electrons. The van der Waals surface area contributed by atoms with Gasteiger partial charge in [-0.25, -0.2) is 19.0 Å². The van der Waals surface area contributed by atoms with Crippen molar-refractivity contribution in [3.8, 4) is 0 Å². The number of fused-ring (bicyclic) bond motifs is 1. The number of hydrogen-bond donors (Lipinski definition) is 2. The molecule has 0 saturated carbocycles. The summed E-state index contributed by atoms with van der Waals surface area (Å²) in [6.07, 6.45) is -0.989. The number of aliphatic hydroxyl groups is 1. The zero-order valence-electron chi connectivity index (χ0n) is 24.8. The largest absolute Gasteiger partial charge is 0.443 e. The highest BCUT2D eigenvalue weighted by Gasteiger charge is 2.35. The van der Waals surface area contributed by atoms with Gasteiger partial charge in [-0.05, 0) is 90.3 Å². The van der Waals surface area contributed by atoms with Crippen LogP contribution in [0.3, 0.4) is 0 Å². The lowest BCUT2D eigenvalue weighted by atomic mass is 9.93. The molecule has 3 rings (SSSR count). The summed E-state index contributed by atoms with van der Waals surface area (Å²) in [6, 6.07) is 10.9. The number of aryl methyl sites for hydroxylation is 1. The Morgan fingerprint density at radius 1 is 0.975 bits per heavy atom. The number of benzene rings is 2. The zero-order valence-corrected chi connectivity index (χ0v) is 24.8. The van der Waals surface area contributed by atoms with Gasteiger partial charge in [0, 0.05) is 35.0 Å². The molecule has 2 unspecified atom stereocenters. The number of hydrogen-bond acceptors (Lipinski definition) is 7. The molecule has 0 aliphatic heterocycles. The van der Waals surface area contributed by atoms with Crippen molar-refractivity contribution in [1.29, 1.82) is 0 Å². The summed E-state index contributed by atoms with van der Waals surface area (Å²) in [7, 11) is 0. The normalized spacial score (nSPS) is 13.5. The smallest absolute Gasteiger partial charge is 0.425 e. The van der Waals surface area contributed by atoms with Crippen LogP contribution in [0.4, 0.5) is 25.5 Å². The van der Waals surface area contributed by atoms with Gasteiger partial charge in [0.15, 0.2) is 5.82 Å². The molecule has 0 saturated heterocycles. The fourth-order valence-corrected chi connectivity index (χ4v) is 4.28. The van der Waals surface area contributed by atoms with Gasteiger partial charge in [-0.15, -0.1) is 0 Å². The Morgan fingerprint density at radius 2 is 1.57 bits per heavy atom. The van der Waals surface area contributed by atoms with Gasteiger partial charge in [0.1, 0.15) is 17.0 Å². The Morgan fingerprint density at radius 3 is 2.10 bits per heavy atom. The predicted octanol–water partition coefficient (Wildman–Crippen LogP) is 7.63. The molecule has 2 N–H and O–H groups in total. The second-order valence-corrected chi connectivity index (χ2v) is 12.1. The van der Waals surface area contributed by atoms with Crippen LogP contribution in [0.25, 0.3) is 10.8 Å². The summed E-state index contributed by atoms with van der Waals surface area (Å²) >= 11 is 0. The number of carbonyl (C=O) groups excluding carboxylic acids is 2. The number of rotatable bonds is 6. The Bertz CT molecular complexity index is 1370. The Hall–Kier alpha value is -3.72. The van der Waals surface area contributed by atoms with Gasteiger partial charge in [0.25, 0.3) is 0 Å². The van der Waals surface area contributed by atoms with Crippen molar-refractivity contribution in [2.75, 3.05) is 16.8 Å². The van der Waals surface area contributed by atoms with Gasteiger partial charge in [-0.1, -0.05) is 25.1 Å². The van der Waals surface area contributed by atoms with Crippen molar-refractivity contribution in [2.24, 2.45) is 0 Å². The van der Waals surface area contributed by atoms with E-state index >= 15 is 4.39 Å². The summed E-state index contributed by atoms with van der Waals surface area (Å²) in [6.45, 7) is 16.1. The number of amides is 2. The maximum Gasteiger partial charge on any atom is 0.425 e. The van der Waals surface area contributed by atoms with Crippen LogP contribution < -0.4 is 10.2 Å². The number of imide groups is 1. The molecule has 1 aromatic heterocycles. The van der Waals surface area contributed by atoms with Crippen molar-refractivity contribution in [3.05, 3.63) is 65.1 Å². The summed E-state index contributed by atoms with van der Waals surface area (Å²) in [5.41, 5.74) is 2.05. The number of anilines is 2. The van der Waals surface area contributed by atoms with Crippen molar-refractivity contribution in [2.45, 2.75) is 85.5 Å². The van der Waals surface area contributed by atoms with Crippen LogP contribution in [-0.4, -0.2) is 40.1 Å². The van der Waals surface area contributed by atoms with E-state index in [0.29, 0.717) is 10.6 Å². The van der Waals surface area contributed by atoms with E-state index in [4.69, 9.17) is 9.47 Å². The van der Waals surface area contributed by atoms with E-state index < -0.39 is 29.2 Å². The second-order valence-electron chi connectivity index (χ2n) is 12.1. The molecule has 0 aliphatic carbocycles. The van der Waals surface area contributed by atoms with Crippen LogP contribution in [0.1, 0.15) is 84.0 Å². The maximum absolute atomic E-state index is 15.1. The van der Waals surface area contributed by atoms with Crippen LogP contribution in [0, 0.1) is 12.7 Å². The third kappa shape index (κ3) is 7.47. The van der Waals surface area contributed by atoms with Crippen molar-refractivity contribution in [1.82, 2.24) is 4.98 Å². The highest BCUT2D eigenvalue weighted by molar-refractivity contribution is 6.14. The predicted molar refractivity (Wildman–Crippen MR) is 155 cm³/mol. The molecule has 8 nitrogen and oxygen atoms in total. The van der Waals surface area contributed by atoms with Crippen molar-refractivity contribution in [3.63, 3.8) is 0 Å². The number of pyridine rings is 1. The third-order valence-corrected chi connectivity index (χ3v) is 6.16. The quantitative estimate of drug-likeness (QED) is 0.324. The Labute approximate surface area is 235 Å². The molecular weight excluding hydrogens is 513 g/mol. The molecular formula is C31H40FN3O5. The number of ether oxygens (including phenoxy) is 2. The number of nitrogens with zero attached hydrogens (tertiary/aromatic N) is 2. The summed E-state index contributed by atoms with van der Waals surface area (Å²) in [4.78, 5) is 31.1. The first-order chi connectivity index (χ1) is 18.5. The number of aliphatic hydroxyl groups excluding tert-OH is 1. The lowest BCUT2D eigenvalue weighted by Crippen LogP contribution is -2.44. The summed E-state index contributed by atoms with van der Waals surface area (Å²) < 4.78 is 26.0. The molecule has 40 heavy (non-hydrogen) atoms. The summed E-state index contributed by atoms with van der Waals surface area (Å²) in [5.74, 6) is -0.658. The van der Waals surface area contributed by atoms with Gasteiger partial charge in [-0.2, -0.15) is 4.90 Å². The van der Waals surface area contributed by atoms with Crippen molar-refractivity contribution < 1.29 is 28.6 Å². The topological polar surface area (TPSA) is 101 Å². The van der Waals surface area contributed by atoms with Gasteiger partial charge < -0.3 is 19.9 Å². The van der Waals surface area contributed by atoms with E-state index in [2.05, 4.69) is 16.4 Å².